The fraction of sp³-hybridized carbons (Fsp3) is 0.0952. The minimum Gasteiger partial charge on any atom is -0.509 e. The van der Waals surface area contributed by atoms with Crippen molar-refractivity contribution in [1.82, 2.24) is 9.97 Å². The molecular weight excluding hydrogens is 2580 g/mol. The van der Waals surface area contributed by atoms with Crippen LogP contribution in [0.1, 0.15) is 0 Å². The number of nitrogens with one attached hydrogen (secondary N) is 1. The Hall–Kier alpha value is 22.8. The molecule has 2 N–H and O–H groups in total. The molecule has 88 heavy (non-hydrogen) atoms. The number of aromatic amines is 1. The monoisotopic (exact) mass is 2640 g/mol. The van der Waals surface area contributed by atoms with E-state index in [1.807, 2.05) is 29.2 Å². The van der Waals surface area contributed by atoms with E-state index < -0.39 is 0 Å². The molecule has 0 fully saturated rings. The van der Waals surface area contributed by atoms with Crippen LogP contribution in [0.15, 0.2) is 62.3 Å². The first-order chi connectivity index (χ1) is 39.8. The van der Waals surface area contributed by atoms with Gasteiger partial charge in [0.2, 0.25) is 5.88 Å². The van der Waals surface area contributed by atoms with E-state index in [1.54, 1.807) is 31.4 Å². The molecule has 0 spiro atoms. The van der Waals surface area contributed by atoms with Crippen LogP contribution in [0, 0.1) is 0 Å². The zero-order chi connectivity index (χ0) is 67.5. The molecule has 32 unspecified atom stereocenters. The van der Waals surface area contributed by atoms with Crippen LogP contribution in [0.5, 0.6) is 5.88 Å². The van der Waals surface area contributed by atoms with Crippen LogP contribution in [-0.4, -0.2) is 33.7 Å². The van der Waals surface area contributed by atoms with Crippen LogP contribution in [-0.2, 0) is 54.4 Å². The molecule has 67 heteroatoms. The molecule has 0 aliphatic rings. The standard InChI is InChI=1S/C10H7BrClNO.C9H5BrClNO.CH3I.CHO3.2Ag.H29P27.H28P26/c1-14-10-8(11)5-6-4-7(12)2-3-9(6)13-10;10-7-4-5-3-6(11)1-2-8(5)12-9(7)13;1-2;2-1-4-3;;;1-15-22(14)26(23(16(2)3)17(4)5)27(24(18(6)7)19(8)9)25(20(10)11)21(12)13;1-15(2)22(16(3)4)25(21(13)14)26(23(17(5)6)18(7)8)24(19(9)10)20(11)12/h2-5H,1H3;1-4H,(H,12,13);1H3;3H;;;15H,1-14H2;1-14H2/q;;;-1;;+1;;. The van der Waals surface area contributed by atoms with Gasteiger partial charge in [0.05, 0.1) is 21.6 Å². The van der Waals surface area contributed by atoms with Crippen molar-refractivity contribution in [2.45, 2.75) is 0 Å². The van der Waals surface area contributed by atoms with Gasteiger partial charge in [-0.25, -0.2) is 10.2 Å². The number of methoxy groups -OCH3 is 1. The summed E-state index contributed by atoms with van der Waals surface area (Å²) in [5.74, 6) is 0.583. The van der Waals surface area contributed by atoms with Crippen molar-refractivity contribution in [3.05, 3.63) is 77.9 Å². The average molecular weight is 2650 g/mol. The molecule has 0 bridgehead atoms. The largest absolute Gasteiger partial charge is 1.00 e. The Balaban J connectivity index is -0.000000532. The number of halogens is 5. The molecule has 4 aromatic rings. The summed E-state index contributed by atoms with van der Waals surface area (Å²) in [6.45, 7) is 1.30. The Morgan fingerprint density at radius 2 is 0.784 bits per heavy atom. The number of alkyl halides is 1. The molecule has 2 aromatic carbocycles. The summed E-state index contributed by atoms with van der Waals surface area (Å²) in [7, 11) is 93.5. The summed E-state index contributed by atoms with van der Waals surface area (Å²) in [5.41, 5.74) is 1.53. The predicted octanol–water partition coefficient (Wildman–Crippen LogP) is 37.6. The molecule has 1 radical (unpaired) electrons. The normalized spacial score (nSPS) is 13.1. The second-order valence-electron chi connectivity index (χ2n) is 13.8. The summed E-state index contributed by atoms with van der Waals surface area (Å²) >= 11 is 20.3. The van der Waals surface area contributed by atoms with Crippen LogP contribution >= 0.6 is 503 Å². The van der Waals surface area contributed by atoms with Crippen molar-refractivity contribution >= 4 is 532 Å². The number of hydrogen-bond acceptors (Lipinski definition) is 6. The molecule has 0 aliphatic carbocycles. The Labute approximate surface area is 690 Å². The van der Waals surface area contributed by atoms with Crippen LogP contribution in [0.2, 0.25) is 10.0 Å². The molecule has 0 saturated carbocycles. The number of benzene rings is 2. The van der Waals surface area contributed by atoms with E-state index in [9.17, 15) is 4.79 Å². The zero-order valence-electron chi connectivity index (χ0n) is 45.0. The third kappa shape index (κ3) is 46.0. The minimum atomic E-state index is -0.130. The first kappa shape index (κ1) is 117. The Morgan fingerprint density at radius 3 is 1.09 bits per heavy atom. The smallest absolute Gasteiger partial charge is 0.509 e. The van der Waals surface area contributed by atoms with Crippen molar-refractivity contribution in [3.8, 4) is 5.88 Å². The number of nitrogens with zero attached hydrogens (tertiary/aromatic N) is 1. The van der Waals surface area contributed by atoms with Gasteiger partial charge in [-0.3, -0.25) is 4.79 Å². The Bertz CT molecular complexity index is 2500. The van der Waals surface area contributed by atoms with E-state index >= 15 is 0 Å². The molecule has 2 heterocycles. The van der Waals surface area contributed by atoms with E-state index in [1.165, 1.54) is 0 Å². The minimum absolute atomic E-state index is 0. The van der Waals surface area contributed by atoms with E-state index in [-0.39, 0.29) is 218 Å². The predicted molar refractivity (Wildman–Crippen MR) is 594 cm³/mol. The van der Waals surface area contributed by atoms with Crippen molar-refractivity contribution in [3.63, 3.8) is 0 Å². The van der Waals surface area contributed by atoms with Gasteiger partial charge in [-0.05, 0) is 259 Å². The fourth-order valence-electron chi connectivity index (χ4n) is 5.20. The Morgan fingerprint density at radius 1 is 0.500 bits per heavy atom. The van der Waals surface area contributed by atoms with Crippen molar-refractivity contribution in [2.24, 2.45) is 0 Å². The van der Waals surface area contributed by atoms with E-state index in [2.05, 4.69) is 319 Å². The number of pyridine rings is 2. The van der Waals surface area contributed by atoms with E-state index in [0.29, 0.717) is 20.4 Å². The summed E-state index contributed by atoms with van der Waals surface area (Å²) < 4.78 is 6.44. The molecule has 32 atom stereocenters. The molecule has 4 rings (SSSR count). The first-order valence-corrected chi connectivity index (χ1v) is 120. The summed E-state index contributed by atoms with van der Waals surface area (Å²) in [5, 5.41) is 10.2. The number of ether oxygens (including phenoxy) is 1. The van der Waals surface area contributed by atoms with E-state index in [4.69, 9.17) is 38.0 Å². The van der Waals surface area contributed by atoms with Crippen molar-refractivity contribution < 1.29 is 64.4 Å². The SMILES string of the molecule is CI.COc1nc2ccc(Cl)cc2cc1Br.O=[C-]OO.O=c1[nH]c2ccc(Cl)cc2cc1Br.PP(P)P(P(P)P)P(P(P)P)P(P(P(P)P)P(P)P)P(P(P)P)P(P)P.PPP(P)P(P(P(P)P)P(P)P)P(P(P(P)P)P(P)P)P(P(P)P)P(P)P.[Ag+].[Ag]. The number of aromatic nitrogens is 2. The van der Waals surface area contributed by atoms with Gasteiger partial charge in [0.1, 0.15) is 0 Å². The molecule has 7 nitrogen and oxygen atoms in total. The average Bonchev–Trinajstić information content (AvgIpc) is 3.38. The fourth-order valence-corrected chi connectivity index (χ4v) is 685. The van der Waals surface area contributed by atoms with E-state index in [0.717, 1.165) is 40.7 Å². The number of fused-ring (bicyclic) bond motifs is 2. The third-order valence-corrected chi connectivity index (χ3v) is 353. The van der Waals surface area contributed by atoms with Gasteiger partial charge in [0.25, 0.3) is 5.56 Å². The van der Waals surface area contributed by atoms with Gasteiger partial charge in [-0.2, -0.15) is 0 Å². The molecule has 519 valence electrons. The molecule has 0 saturated heterocycles. The molecule has 0 amide bonds. The van der Waals surface area contributed by atoms with Crippen LogP contribution in [0.3, 0.4) is 0 Å². The van der Waals surface area contributed by atoms with Gasteiger partial charge in [0.15, 0.2) is 0 Å². The van der Waals surface area contributed by atoms with Crippen molar-refractivity contribution in [2.75, 3.05) is 12.0 Å². The molecule has 0 aliphatic heterocycles. The second kappa shape index (κ2) is 67.5. The first-order valence-electron chi connectivity index (χ1n) is 20.5. The maximum Gasteiger partial charge on any atom is 1.00 e. The Kier molecular flexibility index (Phi) is 89.8. The van der Waals surface area contributed by atoms with Gasteiger partial charge in [-0.15, -0.1) is 250 Å². The third-order valence-electron chi connectivity index (χ3n) is 7.98. The maximum atomic E-state index is 11.2. The van der Waals surface area contributed by atoms with Crippen LogP contribution in [0.4, 0.5) is 0 Å². The van der Waals surface area contributed by atoms with Gasteiger partial charge < -0.3 is 19.4 Å². The number of H-pyrrole nitrogens is 1. The zero-order valence-corrected chi connectivity index (χ0v) is 110. The van der Waals surface area contributed by atoms with Crippen LogP contribution in [0.25, 0.3) is 21.8 Å². The quantitative estimate of drug-likeness (QED) is 0.0130. The number of hydrogen-bond donors (Lipinski definition) is 2. The number of rotatable bonds is 25. The van der Waals surface area contributed by atoms with Crippen LogP contribution < -0.4 is 10.3 Å². The van der Waals surface area contributed by atoms with Gasteiger partial charge in [0, 0.05) is 48.7 Å². The van der Waals surface area contributed by atoms with Crippen molar-refractivity contribution in [1.29, 1.82) is 0 Å². The summed E-state index contributed by atoms with van der Waals surface area (Å²) in [4.78, 5) is 31.5. The molecule has 2 aromatic heterocycles. The summed E-state index contributed by atoms with van der Waals surface area (Å²) in [6, 6.07) is 14.6. The summed E-state index contributed by atoms with van der Waals surface area (Å²) in [6.07, 6.45) is 0. The molecular formula is C21H73Ag2Br2Cl2IN2O5P53. The number of carbonyl (C=O) groups excluding carboxylic acids is 1. The van der Waals surface area contributed by atoms with Gasteiger partial charge >= 0.3 is 22.4 Å². The maximum absolute atomic E-state index is 11.2. The van der Waals surface area contributed by atoms with Gasteiger partial charge in [-0.1, -0.05) is 53.8 Å². The topological polar surface area (TPSA) is 102 Å². The second-order valence-corrected chi connectivity index (χ2v) is 227.